The molecule has 0 aliphatic carbocycles. The molecule has 2 heterocycles. The van der Waals surface area contributed by atoms with Gasteiger partial charge in [0.1, 0.15) is 6.04 Å². The monoisotopic (exact) mass is 290 g/mol. The van der Waals surface area contributed by atoms with Crippen LogP contribution in [0.25, 0.3) is 0 Å². The van der Waals surface area contributed by atoms with E-state index in [2.05, 4.69) is 10.3 Å². The minimum Gasteiger partial charge on any atom is -0.347 e. The molecule has 1 aliphatic rings. The molecule has 1 atom stereocenters. The van der Waals surface area contributed by atoms with E-state index < -0.39 is 6.04 Å². The van der Waals surface area contributed by atoms with Crippen molar-refractivity contribution in [2.45, 2.75) is 18.9 Å². The lowest BCUT2D eigenvalue weighted by Crippen LogP contribution is -2.59. The van der Waals surface area contributed by atoms with E-state index in [4.69, 9.17) is 0 Å². The van der Waals surface area contributed by atoms with Gasteiger partial charge in [0, 0.05) is 52.0 Å². The topological polar surface area (TPSA) is 65.5 Å². The Bertz CT molecular complexity index is 490. The fraction of sp³-hybridized carbons (Fsp3) is 0.533. The molecular weight excluding hydrogens is 268 g/mol. The Morgan fingerprint density at radius 1 is 1.43 bits per heavy atom. The van der Waals surface area contributed by atoms with Gasteiger partial charge in [-0.15, -0.1) is 0 Å². The maximum Gasteiger partial charge on any atom is 0.246 e. The predicted octanol–water partition coefficient (Wildman–Crippen LogP) is -0.0972. The normalized spacial score (nSPS) is 18.4. The summed E-state index contributed by atoms with van der Waals surface area (Å²) in [6.07, 6.45) is 2.71. The lowest BCUT2D eigenvalue weighted by atomic mass is 10.1. The van der Waals surface area contributed by atoms with Gasteiger partial charge in [0.2, 0.25) is 11.8 Å². The average molecular weight is 290 g/mol. The number of nitrogens with one attached hydrogen (secondary N) is 1. The predicted molar refractivity (Wildman–Crippen MR) is 79.6 cm³/mol. The van der Waals surface area contributed by atoms with Gasteiger partial charge in [-0.3, -0.25) is 14.6 Å². The highest BCUT2D eigenvalue weighted by atomic mass is 16.2. The summed E-state index contributed by atoms with van der Waals surface area (Å²) in [5.74, 6) is -0.0178. The summed E-state index contributed by atoms with van der Waals surface area (Å²) in [5, 5.41) is 3.18. The smallest absolute Gasteiger partial charge is 0.246 e. The van der Waals surface area contributed by atoms with Crippen LogP contribution >= 0.6 is 0 Å². The third kappa shape index (κ3) is 4.01. The van der Waals surface area contributed by atoms with E-state index in [1.807, 2.05) is 18.2 Å². The number of carbonyl (C=O) groups excluding carboxylic acids is 2. The highest BCUT2D eigenvalue weighted by Gasteiger charge is 2.32. The zero-order valence-electron chi connectivity index (χ0n) is 12.6. The van der Waals surface area contributed by atoms with E-state index in [1.54, 1.807) is 25.2 Å². The van der Waals surface area contributed by atoms with Crippen LogP contribution in [0.15, 0.2) is 24.4 Å². The number of rotatable bonds is 4. The zero-order valence-corrected chi connectivity index (χ0v) is 12.6. The molecule has 0 radical (unpaired) electrons. The standard InChI is InChI=1S/C15H22N4O2/c1-18(2)15(21)13-11-16-9-10-19(13)14(20)7-6-12-5-3-4-8-17-12/h3-5,8,13,16H,6-7,9-11H2,1-2H3. The van der Waals surface area contributed by atoms with Crippen LogP contribution in [0.1, 0.15) is 12.1 Å². The van der Waals surface area contributed by atoms with E-state index in [1.165, 1.54) is 4.90 Å². The fourth-order valence-corrected chi connectivity index (χ4v) is 2.45. The minimum atomic E-state index is -0.398. The Hall–Kier alpha value is -1.95. The summed E-state index contributed by atoms with van der Waals surface area (Å²) >= 11 is 0. The highest BCUT2D eigenvalue weighted by Crippen LogP contribution is 2.10. The van der Waals surface area contributed by atoms with Gasteiger partial charge >= 0.3 is 0 Å². The van der Waals surface area contributed by atoms with E-state index in [0.29, 0.717) is 25.9 Å². The van der Waals surface area contributed by atoms with Crippen LogP contribution in [0, 0.1) is 0 Å². The SMILES string of the molecule is CN(C)C(=O)C1CNCCN1C(=O)CCc1ccccn1. The second kappa shape index (κ2) is 7.17. The molecule has 0 saturated carbocycles. The first-order valence-corrected chi connectivity index (χ1v) is 7.21. The van der Waals surface area contributed by atoms with Crippen molar-refractivity contribution in [1.82, 2.24) is 20.1 Å². The minimum absolute atomic E-state index is 0.0161. The number of aromatic nitrogens is 1. The van der Waals surface area contributed by atoms with Gasteiger partial charge in [0.15, 0.2) is 0 Å². The van der Waals surface area contributed by atoms with Crippen LogP contribution in [-0.2, 0) is 16.0 Å². The van der Waals surface area contributed by atoms with Crippen molar-refractivity contribution in [3.63, 3.8) is 0 Å². The largest absolute Gasteiger partial charge is 0.347 e. The molecule has 1 N–H and O–H groups in total. The molecule has 114 valence electrons. The molecule has 0 spiro atoms. The lowest BCUT2D eigenvalue weighted by molar-refractivity contribution is -0.145. The molecule has 0 aromatic carbocycles. The molecular formula is C15H22N4O2. The van der Waals surface area contributed by atoms with Gasteiger partial charge in [-0.2, -0.15) is 0 Å². The van der Waals surface area contributed by atoms with Crippen molar-refractivity contribution in [2.75, 3.05) is 33.7 Å². The Kier molecular flexibility index (Phi) is 5.27. The number of pyridine rings is 1. The molecule has 1 aliphatic heterocycles. The van der Waals surface area contributed by atoms with Crippen LogP contribution in [0.3, 0.4) is 0 Å². The molecule has 1 unspecified atom stereocenters. The number of amides is 2. The maximum absolute atomic E-state index is 12.4. The number of hydrogen-bond acceptors (Lipinski definition) is 4. The number of nitrogens with zero attached hydrogens (tertiary/aromatic N) is 3. The summed E-state index contributed by atoms with van der Waals surface area (Å²) in [4.78, 5) is 32.0. The third-order valence-corrected chi connectivity index (χ3v) is 3.61. The number of carbonyl (C=O) groups is 2. The second-order valence-corrected chi connectivity index (χ2v) is 5.36. The summed E-state index contributed by atoms with van der Waals surface area (Å²) in [6, 6.07) is 5.28. The molecule has 21 heavy (non-hydrogen) atoms. The molecule has 1 saturated heterocycles. The van der Waals surface area contributed by atoms with Crippen molar-refractivity contribution < 1.29 is 9.59 Å². The lowest BCUT2D eigenvalue weighted by Gasteiger charge is -2.36. The first kappa shape index (κ1) is 15.4. The van der Waals surface area contributed by atoms with E-state index in [-0.39, 0.29) is 11.8 Å². The van der Waals surface area contributed by atoms with E-state index in [0.717, 1.165) is 12.2 Å². The maximum atomic E-state index is 12.4. The molecule has 6 nitrogen and oxygen atoms in total. The van der Waals surface area contributed by atoms with Crippen LogP contribution < -0.4 is 5.32 Å². The first-order chi connectivity index (χ1) is 10.1. The highest BCUT2D eigenvalue weighted by molar-refractivity contribution is 5.88. The molecule has 0 bridgehead atoms. The first-order valence-electron chi connectivity index (χ1n) is 7.21. The number of aryl methyl sites for hydroxylation is 1. The van der Waals surface area contributed by atoms with Crippen LogP contribution in [0.4, 0.5) is 0 Å². The number of hydrogen-bond donors (Lipinski definition) is 1. The van der Waals surface area contributed by atoms with Gasteiger partial charge in [-0.05, 0) is 18.6 Å². The molecule has 2 rings (SSSR count). The fourth-order valence-electron chi connectivity index (χ4n) is 2.45. The van der Waals surface area contributed by atoms with Gasteiger partial charge < -0.3 is 15.1 Å². The van der Waals surface area contributed by atoms with Crippen molar-refractivity contribution in [3.05, 3.63) is 30.1 Å². The summed E-state index contributed by atoms with van der Waals surface area (Å²) in [7, 11) is 3.43. The molecule has 6 heteroatoms. The third-order valence-electron chi connectivity index (χ3n) is 3.61. The van der Waals surface area contributed by atoms with Crippen molar-refractivity contribution >= 4 is 11.8 Å². The Balaban J connectivity index is 1.97. The van der Waals surface area contributed by atoms with Crippen molar-refractivity contribution in [3.8, 4) is 0 Å². The number of likely N-dealkylation sites (N-methyl/N-ethyl adjacent to an activating group) is 1. The molecule has 1 aromatic rings. The van der Waals surface area contributed by atoms with E-state index in [9.17, 15) is 9.59 Å². The Morgan fingerprint density at radius 3 is 2.90 bits per heavy atom. The summed E-state index contributed by atoms with van der Waals surface area (Å²) in [6.45, 7) is 1.82. The summed E-state index contributed by atoms with van der Waals surface area (Å²) in [5.41, 5.74) is 0.900. The van der Waals surface area contributed by atoms with E-state index >= 15 is 0 Å². The Morgan fingerprint density at radius 2 is 2.24 bits per heavy atom. The van der Waals surface area contributed by atoms with Gasteiger partial charge in [0.05, 0.1) is 0 Å². The van der Waals surface area contributed by atoms with Crippen molar-refractivity contribution in [2.24, 2.45) is 0 Å². The van der Waals surface area contributed by atoms with Gasteiger partial charge in [-0.25, -0.2) is 0 Å². The van der Waals surface area contributed by atoms with Crippen molar-refractivity contribution in [1.29, 1.82) is 0 Å². The van der Waals surface area contributed by atoms with Crippen LogP contribution in [-0.4, -0.2) is 66.4 Å². The molecule has 1 fully saturated rings. The Labute approximate surface area is 125 Å². The summed E-state index contributed by atoms with van der Waals surface area (Å²) < 4.78 is 0. The molecule has 2 amide bonds. The molecule has 1 aromatic heterocycles. The van der Waals surface area contributed by atoms with Crippen LogP contribution in [0.5, 0.6) is 0 Å². The zero-order chi connectivity index (χ0) is 15.2. The van der Waals surface area contributed by atoms with Crippen LogP contribution in [0.2, 0.25) is 0 Å². The average Bonchev–Trinajstić information content (AvgIpc) is 2.52. The second-order valence-electron chi connectivity index (χ2n) is 5.36. The van der Waals surface area contributed by atoms with Gasteiger partial charge in [0.25, 0.3) is 0 Å². The van der Waals surface area contributed by atoms with Gasteiger partial charge in [-0.1, -0.05) is 6.07 Å². The quantitative estimate of drug-likeness (QED) is 0.841. The number of piperazine rings is 1.